The topological polar surface area (TPSA) is 26.0 Å². The first-order valence-electron chi connectivity index (χ1n) is 5.01. The highest BCUT2D eigenvalue weighted by molar-refractivity contribution is 5.02. The largest absolute Gasteiger partial charge is 0.327 e. The summed E-state index contributed by atoms with van der Waals surface area (Å²) in [4.78, 5) is 0. The van der Waals surface area contributed by atoms with Crippen LogP contribution in [-0.4, -0.2) is 6.54 Å². The summed E-state index contributed by atoms with van der Waals surface area (Å²) in [6, 6.07) is 0. The molecule has 76 valence electrons. The second-order valence-corrected chi connectivity index (χ2v) is 4.28. The Kier molecular flexibility index (Phi) is 5.72. The lowest BCUT2D eigenvalue weighted by atomic mass is 9.90. The highest BCUT2D eigenvalue weighted by Gasteiger charge is 2.07. The zero-order valence-corrected chi connectivity index (χ0v) is 9.27. The van der Waals surface area contributed by atoms with Crippen molar-refractivity contribution in [3.8, 4) is 0 Å². The summed E-state index contributed by atoms with van der Waals surface area (Å²) in [6.45, 7) is 15.2. The molecule has 0 saturated carbocycles. The first kappa shape index (κ1) is 12.4. The van der Waals surface area contributed by atoms with Crippen molar-refractivity contribution in [2.75, 3.05) is 6.54 Å². The quantitative estimate of drug-likeness (QED) is 0.626. The van der Waals surface area contributed by atoms with Crippen molar-refractivity contribution in [1.29, 1.82) is 0 Å². The fourth-order valence-corrected chi connectivity index (χ4v) is 1.33. The van der Waals surface area contributed by atoms with E-state index >= 15 is 0 Å². The fourth-order valence-electron chi connectivity index (χ4n) is 1.33. The van der Waals surface area contributed by atoms with E-state index in [0.29, 0.717) is 18.4 Å². The number of hydrogen-bond donors (Lipinski definition) is 1. The van der Waals surface area contributed by atoms with Crippen molar-refractivity contribution in [2.45, 2.75) is 33.6 Å². The minimum absolute atomic E-state index is 0.591. The Hall–Kier alpha value is -0.560. The normalized spacial score (nSPS) is 13.0. The predicted octanol–water partition coefficient (Wildman–Crippen LogP) is 3.13. The second kappa shape index (κ2) is 5.98. The lowest BCUT2D eigenvalue weighted by Gasteiger charge is -2.16. The van der Waals surface area contributed by atoms with Crippen LogP contribution in [0.4, 0.5) is 0 Å². The minimum Gasteiger partial charge on any atom is -0.327 e. The van der Waals surface area contributed by atoms with Gasteiger partial charge in [0.15, 0.2) is 0 Å². The van der Waals surface area contributed by atoms with Crippen LogP contribution in [0.25, 0.3) is 0 Å². The van der Waals surface area contributed by atoms with Gasteiger partial charge >= 0.3 is 0 Å². The first-order chi connectivity index (χ1) is 5.97. The van der Waals surface area contributed by atoms with E-state index in [9.17, 15) is 0 Å². The number of nitrogens with two attached hydrogens (primary N) is 1. The number of allylic oxidation sites excluding steroid dienone is 1. The maximum Gasteiger partial charge on any atom is 0.0134 e. The molecular formula is C12H23N. The molecule has 0 rings (SSSR count). The van der Waals surface area contributed by atoms with E-state index in [2.05, 4.69) is 33.9 Å². The van der Waals surface area contributed by atoms with Gasteiger partial charge in [-0.1, -0.05) is 45.1 Å². The molecule has 0 spiro atoms. The molecule has 0 bridgehead atoms. The van der Waals surface area contributed by atoms with Gasteiger partial charge in [0.2, 0.25) is 0 Å². The summed E-state index contributed by atoms with van der Waals surface area (Å²) in [6.07, 6.45) is 2.12. The molecule has 13 heavy (non-hydrogen) atoms. The van der Waals surface area contributed by atoms with E-state index in [1.54, 1.807) is 0 Å². The zero-order chi connectivity index (χ0) is 10.4. The molecule has 1 unspecified atom stereocenters. The molecule has 0 amide bonds. The predicted molar refractivity (Wildman–Crippen MR) is 60.6 cm³/mol. The highest BCUT2D eigenvalue weighted by Crippen LogP contribution is 2.21. The second-order valence-electron chi connectivity index (χ2n) is 4.28. The SMILES string of the molecule is C=C(CN)CC(C)CC(=C)C(C)C. The number of rotatable bonds is 6. The molecule has 0 saturated heterocycles. The maximum atomic E-state index is 5.49. The van der Waals surface area contributed by atoms with Gasteiger partial charge in [-0.3, -0.25) is 0 Å². The van der Waals surface area contributed by atoms with Crippen LogP contribution < -0.4 is 5.73 Å². The summed E-state index contributed by atoms with van der Waals surface area (Å²) in [7, 11) is 0. The summed E-state index contributed by atoms with van der Waals surface area (Å²) < 4.78 is 0. The molecule has 0 aliphatic carbocycles. The van der Waals surface area contributed by atoms with Gasteiger partial charge in [-0.2, -0.15) is 0 Å². The van der Waals surface area contributed by atoms with E-state index in [-0.39, 0.29) is 0 Å². The van der Waals surface area contributed by atoms with Crippen molar-refractivity contribution < 1.29 is 0 Å². The molecule has 2 N–H and O–H groups in total. The van der Waals surface area contributed by atoms with Gasteiger partial charge in [-0.15, -0.1) is 0 Å². The molecule has 0 heterocycles. The average Bonchev–Trinajstić information content (AvgIpc) is 2.03. The van der Waals surface area contributed by atoms with E-state index in [0.717, 1.165) is 18.4 Å². The molecule has 0 aromatic heterocycles. The van der Waals surface area contributed by atoms with Crippen LogP contribution in [-0.2, 0) is 0 Å². The van der Waals surface area contributed by atoms with Gasteiger partial charge in [-0.05, 0) is 24.7 Å². The summed E-state index contributed by atoms with van der Waals surface area (Å²) in [5, 5.41) is 0. The molecule has 0 radical (unpaired) electrons. The molecule has 0 aromatic carbocycles. The average molecular weight is 181 g/mol. The first-order valence-corrected chi connectivity index (χ1v) is 5.01. The third-order valence-corrected chi connectivity index (χ3v) is 2.35. The van der Waals surface area contributed by atoms with E-state index in [1.165, 1.54) is 5.57 Å². The van der Waals surface area contributed by atoms with E-state index < -0.39 is 0 Å². The van der Waals surface area contributed by atoms with Crippen molar-refractivity contribution in [2.24, 2.45) is 17.6 Å². The maximum absolute atomic E-state index is 5.49. The van der Waals surface area contributed by atoms with Crippen molar-refractivity contribution >= 4 is 0 Å². The molecule has 0 aliphatic rings. The Bertz CT molecular complexity index is 180. The van der Waals surface area contributed by atoms with Crippen molar-refractivity contribution in [3.05, 3.63) is 24.3 Å². The Balaban J connectivity index is 3.80. The third-order valence-electron chi connectivity index (χ3n) is 2.35. The van der Waals surface area contributed by atoms with Gasteiger partial charge in [0, 0.05) is 6.54 Å². The lowest BCUT2D eigenvalue weighted by molar-refractivity contribution is 0.536. The van der Waals surface area contributed by atoms with E-state index in [4.69, 9.17) is 5.73 Å². The van der Waals surface area contributed by atoms with Gasteiger partial charge < -0.3 is 5.73 Å². The monoisotopic (exact) mass is 181 g/mol. The van der Waals surface area contributed by atoms with Gasteiger partial charge in [-0.25, -0.2) is 0 Å². The summed E-state index contributed by atoms with van der Waals surface area (Å²) in [5.41, 5.74) is 7.96. The molecule has 1 heteroatoms. The molecular weight excluding hydrogens is 158 g/mol. The van der Waals surface area contributed by atoms with Crippen LogP contribution in [0.1, 0.15) is 33.6 Å². The molecule has 0 fully saturated rings. The van der Waals surface area contributed by atoms with Crippen molar-refractivity contribution in [3.63, 3.8) is 0 Å². The minimum atomic E-state index is 0.591. The van der Waals surface area contributed by atoms with Crippen LogP contribution in [0.2, 0.25) is 0 Å². The van der Waals surface area contributed by atoms with Gasteiger partial charge in [0.1, 0.15) is 0 Å². The Labute approximate surface area is 82.7 Å². The Morgan fingerprint density at radius 2 is 1.69 bits per heavy atom. The van der Waals surface area contributed by atoms with Crippen LogP contribution in [0, 0.1) is 11.8 Å². The standard InChI is InChI=1S/C12H23N/c1-9(2)12(5)7-10(3)6-11(4)8-13/h9-10H,4-8,13H2,1-3H3. The van der Waals surface area contributed by atoms with Gasteiger partial charge in [0.05, 0.1) is 0 Å². The third kappa shape index (κ3) is 5.64. The summed E-state index contributed by atoms with van der Waals surface area (Å²) >= 11 is 0. The molecule has 1 atom stereocenters. The zero-order valence-electron chi connectivity index (χ0n) is 9.27. The van der Waals surface area contributed by atoms with E-state index in [1.807, 2.05) is 0 Å². The molecule has 1 nitrogen and oxygen atoms in total. The molecule has 0 aliphatic heterocycles. The highest BCUT2D eigenvalue weighted by atomic mass is 14.5. The summed E-state index contributed by atoms with van der Waals surface area (Å²) in [5.74, 6) is 1.22. The van der Waals surface area contributed by atoms with Crippen LogP contribution >= 0.6 is 0 Å². The lowest BCUT2D eigenvalue weighted by Crippen LogP contribution is -2.07. The van der Waals surface area contributed by atoms with Crippen molar-refractivity contribution in [1.82, 2.24) is 0 Å². The number of hydrogen-bond acceptors (Lipinski definition) is 1. The van der Waals surface area contributed by atoms with Gasteiger partial charge in [0.25, 0.3) is 0 Å². The Morgan fingerprint density at radius 3 is 2.08 bits per heavy atom. The Morgan fingerprint density at radius 1 is 1.15 bits per heavy atom. The smallest absolute Gasteiger partial charge is 0.0134 e. The van der Waals surface area contributed by atoms with Crippen LogP contribution in [0.3, 0.4) is 0 Å². The van der Waals surface area contributed by atoms with Crippen LogP contribution in [0.5, 0.6) is 0 Å². The fraction of sp³-hybridized carbons (Fsp3) is 0.667. The van der Waals surface area contributed by atoms with Crippen LogP contribution in [0.15, 0.2) is 24.3 Å². The molecule has 0 aromatic rings.